The molecule has 0 aromatic rings. The zero-order valence-electron chi connectivity index (χ0n) is 8.73. The summed E-state index contributed by atoms with van der Waals surface area (Å²) in [5, 5.41) is 0. The molecule has 1 fully saturated rings. The minimum absolute atomic E-state index is 0.0616. The van der Waals surface area contributed by atoms with Gasteiger partial charge in [0.1, 0.15) is 4.49 Å². The summed E-state index contributed by atoms with van der Waals surface area (Å²) >= 11 is 11.2. The van der Waals surface area contributed by atoms with E-state index < -0.39 is 0 Å². The molecule has 0 aromatic heterocycles. The first kappa shape index (κ1) is 12.4. The van der Waals surface area contributed by atoms with Gasteiger partial charge in [0, 0.05) is 5.54 Å². The predicted molar refractivity (Wildman–Crippen MR) is 63.6 cm³/mol. The topological polar surface area (TPSA) is 26.0 Å². The Morgan fingerprint density at radius 1 is 1.57 bits per heavy atom. The summed E-state index contributed by atoms with van der Waals surface area (Å²) in [6.45, 7) is 2.24. The SMILES string of the molecule is CCC1CCCC(N)(CC=C(Cl)Cl)C1. The quantitative estimate of drug-likeness (QED) is 0.787. The van der Waals surface area contributed by atoms with E-state index in [0.717, 1.165) is 25.2 Å². The van der Waals surface area contributed by atoms with Gasteiger partial charge in [0.05, 0.1) is 0 Å². The molecule has 1 aliphatic rings. The van der Waals surface area contributed by atoms with E-state index in [9.17, 15) is 0 Å². The average molecular weight is 236 g/mol. The first-order chi connectivity index (χ1) is 6.56. The van der Waals surface area contributed by atoms with E-state index in [1.807, 2.05) is 6.08 Å². The van der Waals surface area contributed by atoms with E-state index in [4.69, 9.17) is 28.9 Å². The van der Waals surface area contributed by atoms with Crippen molar-refractivity contribution in [3.63, 3.8) is 0 Å². The van der Waals surface area contributed by atoms with Gasteiger partial charge in [-0.3, -0.25) is 0 Å². The lowest BCUT2D eigenvalue weighted by molar-refractivity contribution is 0.221. The third kappa shape index (κ3) is 3.80. The van der Waals surface area contributed by atoms with Crippen LogP contribution in [-0.2, 0) is 0 Å². The molecule has 2 atom stereocenters. The number of hydrogen-bond acceptors (Lipinski definition) is 1. The lowest BCUT2D eigenvalue weighted by Crippen LogP contribution is -2.43. The monoisotopic (exact) mass is 235 g/mol. The highest BCUT2D eigenvalue weighted by Crippen LogP contribution is 2.35. The van der Waals surface area contributed by atoms with Crippen LogP contribution < -0.4 is 5.73 Å². The Balaban J connectivity index is 2.51. The van der Waals surface area contributed by atoms with E-state index in [1.54, 1.807) is 0 Å². The summed E-state index contributed by atoms with van der Waals surface area (Å²) in [6.07, 6.45) is 8.66. The normalized spacial score (nSPS) is 32.7. The molecule has 0 bridgehead atoms. The van der Waals surface area contributed by atoms with Crippen molar-refractivity contribution >= 4 is 23.2 Å². The summed E-state index contributed by atoms with van der Waals surface area (Å²) in [4.78, 5) is 0. The van der Waals surface area contributed by atoms with Crippen LogP contribution in [0.2, 0.25) is 0 Å². The lowest BCUT2D eigenvalue weighted by atomic mass is 9.74. The van der Waals surface area contributed by atoms with Crippen LogP contribution in [0.5, 0.6) is 0 Å². The summed E-state index contributed by atoms with van der Waals surface area (Å²) in [5.41, 5.74) is 6.25. The maximum Gasteiger partial charge on any atom is 0.102 e. The molecule has 1 rings (SSSR count). The highest BCUT2D eigenvalue weighted by Gasteiger charge is 2.30. The standard InChI is InChI=1S/C11H19Cl2N/c1-2-9-4-3-6-11(14,8-9)7-5-10(12)13/h5,9H,2-4,6-8,14H2,1H3. The van der Waals surface area contributed by atoms with Gasteiger partial charge in [0.25, 0.3) is 0 Å². The van der Waals surface area contributed by atoms with Gasteiger partial charge in [-0.2, -0.15) is 0 Å². The third-order valence-electron chi connectivity index (χ3n) is 3.22. The van der Waals surface area contributed by atoms with Crippen molar-refractivity contribution in [1.29, 1.82) is 0 Å². The third-order valence-corrected chi connectivity index (χ3v) is 3.53. The van der Waals surface area contributed by atoms with Crippen molar-refractivity contribution in [2.45, 2.75) is 51.0 Å². The molecule has 3 heteroatoms. The van der Waals surface area contributed by atoms with Crippen molar-refractivity contribution in [2.24, 2.45) is 11.7 Å². The molecule has 0 radical (unpaired) electrons. The molecule has 1 aliphatic carbocycles. The maximum absolute atomic E-state index is 6.31. The second kappa shape index (κ2) is 5.39. The van der Waals surface area contributed by atoms with Crippen molar-refractivity contribution in [3.05, 3.63) is 10.6 Å². The Bertz CT molecular complexity index is 211. The molecule has 14 heavy (non-hydrogen) atoms. The van der Waals surface area contributed by atoms with Gasteiger partial charge in [-0.05, 0) is 25.2 Å². The predicted octanol–water partition coefficient (Wildman–Crippen LogP) is 3.99. The number of nitrogens with two attached hydrogens (primary N) is 1. The Hall–Kier alpha value is 0.280. The van der Waals surface area contributed by atoms with Gasteiger partial charge in [0.2, 0.25) is 0 Å². The maximum atomic E-state index is 6.31. The number of rotatable bonds is 3. The van der Waals surface area contributed by atoms with Crippen molar-refractivity contribution in [2.75, 3.05) is 0 Å². The van der Waals surface area contributed by atoms with E-state index in [2.05, 4.69) is 6.92 Å². The fraction of sp³-hybridized carbons (Fsp3) is 0.818. The van der Waals surface area contributed by atoms with Crippen LogP contribution >= 0.6 is 23.2 Å². The van der Waals surface area contributed by atoms with Gasteiger partial charge in [-0.15, -0.1) is 0 Å². The van der Waals surface area contributed by atoms with Crippen LogP contribution in [-0.4, -0.2) is 5.54 Å². The van der Waals surface area contributed by atoms with Crippen LogP contribution in [0.25, 0.3) is 0 Å². The summed E-state index contributed by atoms with van der Waals surface area (Å²) < 4.78 is 0.341. The minimum Gasteiger partial charge on any atom is -0.325 e. The van der Waals surface area contributed by atoms with Gasteiger partial charge in [-0.1, -0.05) is 55.5 Å². The molecule has 0 aromatic carbocycles. The van der Waals surface area contributed by atoms with E-state index >= 15 is 0 Å². The summed E-state index contributed by atoms with van der Waals surface area (Å²) in [6, 6.07) is 0. The van der Waals surface area contributed by atoms with Crippen molar-refractivity contribution < 1.29 is 0 Å². The van der Waals surface area contributed by atoms with Gasteiger partial charge in [-0.25, -0.2) is 0 Å². The molecule has 1 nitrogen and oxygen atoms in total. The molecule has 2 N–H and O–H groups in total. The molecular formula is C11H19Cl2N. The van der Waals surface area contributed by atoms with Crippen LogP contribution in [0, 0.1) is 5.92 Å². The highest BCUT2D eigenvalue weighted by atomic mass is 35.5. The zero-order valence-corrected chi connectivity index (χ0v) is 10.2. The molecule has 82 valence electrons. The number of hydrogen-bond donors (Lipinski definition) is 1. The summed E-state index contributed by atoms with van der Waals surface area (Å²) in [5.74, 6) is 0.788. The second-order valence-corrected chi connectivity index (χ2v) is 5.44. The molecular weight excluding hydrogens is 217 g/mol. The fourth-order valence-corrected chi connectivity index (χ4v) is 2.49. The Labute approximate surface area is 96.6 Å². The first-order valence-corrected chi connectivity index (χ1v) is 6.11. The molecule has 1 saturated carbocycles. The van der Waals surface area contributed by atoms with E-state index in [-0.39, 0.29) is 5.54 Å². The smallest absolute Gasteiger partial charge is 0.102 e. The second-order valence-electron chi connectivity index (χ2n) is 4.43. The average Bonchev–Trinajstić information content (AvgIpc) is 2.15. The van der Waals surface area contributed by atoms with Crippen molar-refractivity contribution in [1.82, 2.24) is 0 Å². The van der Waals surface area contributed by atoms with E-state index in [1.165, 1.54) is 19.3 Å². The first-order valence-electron chi connectivity index (χ1n) is 5.36. The Morgan fingerprint density at radius 3 is 2.86 bits per heavy atom. The fourth-order valence-electron chi connectivity index (χ4n) is 2.34. The van der Waals surface area contributed by atoms with Gasteiger partial charge in [0.15, 0.2) is 0 Å². The number of halogens is 2. The molecule has 2 unspecified atom stereocenters. The van der Waals surface area contributed by atoms with Crippen LogP contribution in [0.4, 0.5) is 0 Å². The summed E-state index contributed by atoms with van der Waals surface area (Å²) in [7, 11) is 0. The molecule has 0 amide bonds. The molecule has 0 saturated heterocycles. The van der Waals surface area contributed by atoms with Gasteiger partial charge >= 0.3 is 0 Å². The lowest BCUT2D eigenvalue weighted by Gasteiger charge is -2.37. The molecule has 0 aliphatic heterocycles. The van der Waals surface area contributed by atoms with Crippen LogP contribution in [0.1, 0.15) is 45.4 Å². The zero-order chi connectivity index (χ0) is 10.6. The minimum atomic E-state index is -0.0616. The van der Waals surface area contributed by atoms with Gasteiger partial charge < -0.3 is 5.73 Å². The van der Waals surface area contributed by atoms with Crippen LogP contribution in [0.15, 0.2) is 10.6 Å². The molecule has 0 heterocycles. The Morgan fingerprint density at radius 2 is 2.29 bits per heavy atom. The Kier molecular flexibility index (Phi) is 4.75. The van der Waals surface area contributed by atoms with E-state index in [0.29, 0.717) is 4.49 Å². The largest absolute Gasteiger partial charge is 0.325 e. The van der Waals surface area contributed by atoms with Crippen LogP contribution in [0.3, 0.4) is 0 Å². The molecule has 0 spiro atoms. The highest BCUT2D eigenvalue weighted by molar-refractivity contribution is 6.55. The van der Waals surface area contributed by atoms with Crippen molar-refractivity contribution in [3.8, 4) is 0 Å².